The second-order valence-corrected chi connectivity index (χ2v) is 6.06. The number of halogens is 1. The molecule has 1 aliphatic rings. The first-order valence-electron chi connectivity index (χ1n) is 7.24. The smallest absolute Gasteiger partial charge is 0.319 e. The molecule has 1 rings (SSSR count). The first kappa shape index (κ1) is 19.4. The van der Waals surface area contributed by atoms with Gasteiger partial charge in [-0.15, -0.1) is 11.6 Å². The monoisotopic (exact) mass is 340 g/mol. The van der Waals surface area contributed by atoms with E-state index >= 15 is 0 Å². The Kier molecular flexibility index (Phi) is 7.81. The molecule has 0 unspecified atom stereocenters. The fraction of sp³-hybridized carbons (Fsp3) is 0.923. The summed E-state index contributed by atoms with van der Waals surface area (Å²) in [4.78, 5) is 13.5. The molecule has 0 aromatic rings. The number of carbonyl (C=O) groups excluding carboxylic acids is 1. The van der Waals surface area contributed by atoms with E-state index in [2.05, 4.69) is 5.32 Å². The number of alkyl halides is 1. The standard InChI is InChI=1S/C13H25ClN2O6/c1-7(2)5-16(13(21)15-4-3-14)12-11(20)10(19)9(18)8(6-17)22-12/h7-12,17-20H,3-6H2,1-2H3,(H,15,21)/t8-,9+,10+,11-,12-/m1/s1. The van der Waals surface area contributed by atoms with E-state index in [1.165, 1.54) is 4.90 Å². The third-order valence-corrected chi connectivity index (χ3v) is 3.56. The molecule has 0 radical (unpaired) electrons. The van der Waals surface area contributed by atoms with Gasteiger partial charge >= 0.3 is 6.03 Å². The molecule has 2 amide bonds. The quantitative estimate of drug-likeness (QED) is 0.383. The SMILES string of the molecule is CC(C)CN(C(=O)NCCCl)[C@@H]1O[C@H](CO)[C@H](O)[C@H](O)[C@H]1O. The van der Waals surface area contributed by atoms with Crippen molar-refractivity contribution in [3.63, 3.8) is 0 Å². The molecule has 0 aromatic heterocycles. The van der Waals surface area contributed by atoms with Crippen LogP contribution in [0.25, 0.3) is 0 Å². The minimum atomic E-state index is -1.52. The van der Waals surface area contributed by atoms with E-state index in [1.54, 1.807) is 0 Å². The average Bonchev–Trinajstić information content (AvgIpc) is 2.48. The first-order chi connectivity index (χ1) is 10.3. The van der Waals surface area contributed by atoms with Crippen molar-refractivity contribution in [2.45, 2.75) is 44.5 Å². The topological polar surface area (TPSA) is 122 Å². The fourth-order valence-electron chi connectivity index (χ4n) is 2.29. The van der Waals surface area contributed by atoms with Gasteiger partial charge in [0.1, 0.15) is 24.4 Å². The normalized spacial score (nSPS) is 32.1. The van der Waals surface area contributed by atoms with Gasteiger partial charge in [0, 0.05) is 19.0 Å². The summed E-state index contributed by atoms with van der Waals surface area (Å²) < 4.78 is 5.42. The first-order valence-corrected chi connectivity index (χ1v) is 7.77. The Hall–Kier alpha value is -0.640. The van der Waals surface area contributed by atoms with Crippen LogP contribution >= 0.6 is 11.6 Å². The van der Waals surface area contributed by atoms with Gasteiger partial charge in [-0.1, -0.05) is 13.8 Å². The molecule has 5 N–H and O–H groups in total. The molecule has 1 fully saturated rings. The highest BCUT2D eigenvalue weighted by Gasteiger charge is 2.46. The number of aliphatic hydroxyl groups excluding tert-OH is 4. The number of urea groups is 1. The molecule has 0 aromatic carbocycles. The van der Waals surface area contributed by atoms with Crippen molar-refractivity contribution in [1.82, 2.24) is 10.2 Å². The van der Waals surface area contributed by atoms with E-state index in [-0.39, 0.29) is 24.9 Å². The van der Waals surface area contributed by atoms with Crippen LogP contribution in [0.2, 0.25) is 0 Å². The number of carbonyl (C=O) groups is 1. The zero-order valence-electron chi connectivity index (χ0n) is 12.7. The van der Waals surface area contributed by atoms with Crippen molar-refractivity contribution in [3.8, 4) is 0 Å². The van der Waals surface area contributed by atoms with Crippen LogP contribution < -0.4 is 5.32 Å². The highest BCUT2D eigenvalue weighted by atomic mass is 35.5. The second-order valence-electron chi connectivity index (χ2n) is 5.69. The van der Waals surface area contributed by atoms with Gasteiger partial charge < -0.3 is 30.5 Å². The molecule has 1 heterocycles. The van der Waals surface area contributed by atoms with Crippen molar-refractivity contribution in [1.29, 1.82) is 0 Å². The number of amides is 2. The van der Waals surface area contributed by atoms with Crippen LogP contribution in [-0.2, 0) is 4.74 Å². The minimum absolute atomic E-state index is 0.0779. The summed E-state index contributed by atoms with van der Waals surface area (Å²) in [6.45, 7) is 3.72. The van der Waals surface area contributed by atoms with E-state index in [4.69, 9.17) is 16.3 Å². The molecule has 0 saturated carbocycles. The number of nitrogens with zero attached hydrogens (tertiary/aromatic N) is 1. The minimum Gasteiger partial charge on any atom is -0.394 e. The third-order valence-electron chi connectivity index (χ3n) is 3.37. The van der Waals surface area contributed by atoms with Gasteiger partial charge in [-0.2, -0.15) is 0 Å². The van der Waals surface area contributed by atoms with Gasteiger partial charge in [-0.25, -0.2) is 4.79 Å². The summed E-state index contributed by atoms with van der Waals surface area (Å²) in [5.74, 6) is 0.310. The van der Waals surface area contributed by atoms with Gasteiger partial charge in [0.25, 0.3) is 0 Å². The molecule has 0 spiro atoms. The fourth-order valence-corrected chi connectivity index (χ4v) is 2.39. The average molecular weight is 341 g/mol. The number of hydrogen-bond acceptors (Lipinski definition) is 6. The van der Waals surface area contributed by atoms with Gasteiger partial charge in [0.15, 0.2) is 6.23 Å². The van der Waals surface area contributed by atoms with Crippen molar-refractivity contribution in [2.75, 3.05) is 25.6 Å². The summed E-state index contributed by atoms with van der Waals surface area (Å²) in [7, 11) is 0. The maximum absolute atomic E-state index is 12.2. The Bertz CT molecular complexity index is 357. The van der Waals surface area contributed by atoms with Crippen molar-refractivity contribution in [2.24, 2.45) is 5.92 Å². The molecule has 9 heteroatoms. The Balaban J connectivity index is 2.93. The Morgan fingerprint density at radius 3 is 2.41 bits per heavy atom. The Labute approximate surface area is 134 Å². The van der Waals surface area contributed by atoms with Crippen LogP contribution in [0.15, 0.2) is 0 Å². The predicted octanol–water partition coefficient (Wildman–Crippen LogP) is -1.31. The number of ether oxygens (including phenoxy) is 1. The molecule has 1 saturated heterocycles. The summed E-state index contributed by atoms with van der Waals surface area (Å²) in [5.41, 5.74) is 0. The molecule has 22 heavy (non-hydrogen) atoms. The summed E-state index contributed by atoms with van der Waals surface area (Å²) in [6, 6.07) is -0.501. The second kappa shape index (κ2) is 8.85. The van der Waals surface area contributed by atoms with Crippen LogP contribution in [0, 0.1) is 5.92 Å². The van der Waals surface area contributed by atoms with E-state index in [1.807, 2.05) is 13.8 Å². The number of rotatable bonds is 6. The number of aliphatic hydroxyl groups is 4. The summed E-state index contributed by atoms with van der Waals surface area (Å²) >= 11 is 5.54. The van der Waals surface area contributed by atoms with Crippen LogP contribution in [0.3, 0.4) is 0 Å². The van der Waals surface area contributed by atoms with Crippen LogP contribution in [0.5, 0.6) is 0 Å². The van der Waals surface area contributed by atoms with Gasteiger partial charge in [0.2, 0.25) is 0 Å². The maximum Gasteiger partial charge on any atom is 0.319 e. The third kappa shape index (κ3) is 4.68. The molecule has 130 valence electrons. The van der Waals surface area contributed by atoms with Crippen molar-refractivity contribution in [3.05, 3.63) is 0 Å². The maximum atomic E-state index is 12.2. The Morgan fingerprint density at radius 1 is 1.27 bits per heavy atom. The van der Waals surface area contributed by atoms with E-state index in [0.717, 1.165) is 0 Å². The Morgan fingerprint density at radius 2 is 1.91 bits per heavy atom. The van der Waals surface area contributed by atoms with Gasteiger partial charge in [-0.05, 0) is 5.92 Å². The van der Waals surface area contributed by atoms with Crippen LogP contribution in [0.1, 0.15) is 13.8 Å². The largest absolute Gasteiger partial charge is 0.394 e. The summed E-state index contributed by atoms with van der Waals surface area (Å²) in [5, 5.41) is 41.5. The molecular formula is C13H25ClN2O6. The van der Waals surface area contributed by atoms with E-state index < -0.39 is 43.3 Å². The lowest BCUT2D eigenvalue weighted by Gasteiger charge is -2.44. The lowest BCUT2D eigenvalue weighted by Crippen LogP contribution is -2.65. The molecule has 0 aliphatic carbocycles. The zero-order valence-corrected chi connectivity index (χ0v) is 13.5. The molecule has 1 aliphatic heterocycles. The van der Waals surface area contributed by atoms with Crippen molar-refractivity contribution >= 4 is 17.6 Å². The van der Waals surface area contributed by atoms with Gasteiger partial charge in [0.05, 0.1) is 6.61 Å². The highest BCUT2D eigenvalue weighted by molar-refractivity contribution is 6.18. The lowest BCUT2D eigenvalue weighted by atomic mass is 9.97. The van der Waals surface area contributed by atoms with Crippen molar-refractivity contribution < 1.29 is 30.0 Å². The number of nitrogens with one attached hydrogen (secondary N) is 1. The lowest BCUT2D eigenvalue weighted by molar-refractivity contribution is -0.258. The molecule has 8 nitrogen and oxygen atoms in total. The molecule has 0 bridgehead atoms. The summed E-state index contributed by atoms with van der Waals surface area (Å²) in [6.07, 6.45) is -6.69. The van der Waals surface area contributed by atoms with Gasteiger partial charge in [-0.3, -0.25) is 4.90 Å². The number of hydrogen-bond donors (Lipinski definition) is 5. The predicted molar refractivity (Wildman–Crippen MR) is 79.4 cm³/mol. The highest BCUT2D eigenvalue weighted by Crippen LogP contribution is 2.24. The van der Waals surface area contributed by atoms with Crippen LogP contribution in [0.4, 0.5) is 4.79 Å². The zero-order chi connectivity index (χ0) is 16.9. The van der Waals surface area contributed by atoms with E-state index in [9.17, 15) is 25.2 Å². The molecular weight excluding hydrogens is 316 g/mol. The van der Waals surface area contributed by atoms with Crippen LogP contribution in [-0.4, -0.2) is 87.6 Å². The van der Waals surface area contributed by atoms with E-state index in [0.29, 0.717) is 0 Å². The molecule has 5 atom stereocenters.